The molecular formula is C21H25NO3. The normalized spacial score (nSPS) is 17.9. The van der Waals surface area contributed by atoms with Crippen molar-refractivity contribution in [2.75, 3.05) is 33.4 Å². The number of para-hydroxylation sites is 2. The molecule has 0 N–H and O–H groups in total. The SMILES string of the molecule is COCCN(Cc1cccc2c1oc1ccccc12)C[C@@H]1CCCO1. The number of fused-ring (bicyclic) bond motifs is 3. The number of hydrogen-bond acceptors (Lipinski definition) is 4. The van der Waals surface area contributed by atoms with Gasteiger partial charge in [0.15, 0.2) is 0 Å². The highest BCUT2D eigenvalue weighted by molar-refractivity contribution is 6.05. The van der Waals surface area contributed by atoms with Gasteiger partial charge in [-0.05, 0) is 18.9 Å². The van der Waals surface area contributed by atoms with Gasteiger partial charge < -0.3 is 13.9 Å². The second-order valence-electron chi connectivity index (χ2n) is 6.75. The summed E-state index contributed by atoms with van der Waals surface area (Å²) in [6, 6.07) is 14.7. The average molecular weight is 339 g/mol. The molecule has 1 atom stereocenters. The maximum absolute atomic E-state index is 6.17. The average Bonchev–Trinajstić information content (AvgIpc) is 3.27. The van der Waals surface area contributed by atoms with Crippen molar-refractivity contribution < 1.29 is 13.9 Å². The van der Waals surface area contributed by atoms with E-state index in [1.165, 1.54) is 22.8 Å². The Labute approximate surface area is 148 Å². The molecule has 0 unspecified atom stereocenters. The third-order valence-electron chi connectivity index (χ3n) is 4.98. The van der Waals surface area contributed by atoms with Crippen LogP contribution in [0.4, 0.5) is 0 Å². The van der Waals surface area contributed by atoms with Crippen LogP contribution in [0.1, 0.15) is 18.4 Å². The maximum Gasteiger partial charge on any atom is 0.139 e. The molecule has 4 heteroatoms. The molecule has 3 aromatic rings. The molecule has 0 radical (unpaired) electrons. The fourth-order valence-corrected chi connectivity index (χ4v) is 3.70. The van der Waals surface area contributed by atoms with Gasteiger partial charge in [-0.1, -0.05) is 36.4 Å². The highest BCUT2D eigenvalue weighted by Crippen LogP contribution is 2.31. The molecule has 0 saturated carbocycles. The summed E-state index contributed by atoms with van der Waals surface area (Å²) in [6.07, 6.45) is 2.66. The second-order valence-corrected chi connectivity index (χ2v) is 6.75. The third-order valence-corrected chi connectivity index (χ3v) is 4.98. The second kappa shape index (κ2) is 7.56. The number of hydrogen-bond donors (Lipinski definition) is 0. The molecule has 0 aliphatic carbocycles. The van der Waals surface area contributed by atoms with Crippen molar-refractivity contribution in [2.45, 2.75) is 25.5 Å². The molecule has 0 spiro atoms. The summed E-state index contributed by atoms with van der Waals surface area (Å²) in [4.78, 5) is 2.42. The molecule has 132 valence electrons. The van der Waals surface area contributed by atoms with E-state index in [0.29, 0.717) is 6.10 Å². The Bertz CT molecular complexity index is 835. The standard InChI is InChI=1S/C21H25NO3/c1-23-13-11-22(15-17-7-5-12-24-17)14-16-6-4-9-19-18-8-2-3-10-20(18)25-21(16)19/h2-4,6,8-10,17H,5,7,11-15H2,1H3/t17-/m0/s1. The van der Waals surface area contributed by atoms with E-state index >= 15 is 0 Å². The molecular weight excluding hydrogens is 314 g/mol. The number of nitrogens with zero attached hydrogens (tertiary/aromatic N) is 1. The molecule has 1 aromatic heterocycles. The first-order valence-electron chi connectivity index (χ1n) is 9.07. The van der Waals surface area contributed by atoms with Crippen LogP contribution in [0.5, 0.6) is 0 Å². The van der Waals surface area contributed by atoms with Crippen LogP contribution in [-0.2, 0) is 16.0 Å². The zero-order valence-electron chi connectivity index (χ0n) is 14.7. The van der Waals surface area contributed by atoms with E-state index in [2.05, 4.69) is 35.2 Å². The van der Waals surface area contributed by atoms with Gasteiger partial charge in [0.1, 0.15) is 11.2 Å². The van der Waals surface area contributed by atoms with E-state index in [4.69, 9.17) is 13.9 Å². The molecule has 1 aliphatic heterocycles. The highest BCUT2D eigenvalue weighted by atomic mass is 16.5. The molecule has 4 rings (SSSR count). The summed E-state index contributed by atoms with van der Waals surface area (Å²) in [7, 11) is 1.75. The van der Waals surface area contributed by atoms with Gasteiger partial charge in [0, 0.05) is 49.7 Å². The van der Waals surface area contributed by atoms with Gasteiger partial charge in [-0.2, -0.15) is 0 Å². The number of rotatable bonds is 7. The van der Waals surface area contributed by atoms with Crippen molar-refractivity contribution in [3.63, 3.8) is 0 Å². The third kappa shape index (κ3) is 3.56. The number of ether oxygens (including phenoxy) is 2. The Kier molecular flexibility index (Phi) is 5.02. The molecule has 4 nitrogen and oxygen atoms in total. The predicted molar refractivity (Wildman–Crippen MR) is 99.8 cm³/mol. The first kappa shape index (κ1) is 16.6. The fourth-order valence-electron chi connectivity index (χ4n) is 3.70. The van der Waals surface area contributed by atoms with Crippen molar-refractivity contribution in [3.05, 3.63) is 48.0 Å². The molecule has 0 bridgehead atoms. The van der Waals surface area contributed by atoms with Crippen LogP contribution in [0, 0.1) is 0 Å². The Morgan fingerprint density at radius 3 is 2.84 bits per heavy atom. The lowest BCUT2D eigenvalue weighted by Gasteiger charge is -2.25. The van der Waals surface area contributed by atoms with E-state index in [-0.39, 0.29) is 0 Å². The highest BCUT2D eigenvalue weighted by Gasteiger charge is 2.20. The minimum absolute atomic E-state index is 0.340. The molecule has 25 heavy (non-hydrogen) atoms. The van der Waals surface area contributed by atoms with Crippen LogP contribution in [-0.4, -0.2) is 44.4 Å². The van der Waals surface area contributed by atoms with Crippen LogP contribution in [0.3, 0.4) is 0 Å². The lowest BCUT2D eigenvalue weighted by Crippen LogP contribution is -2.34. The van der Waals surface area contributed by atoms with Gasteiger partial charge in [-0.15, -0.1) is 0 Å². The van der Waals surface area contributed by atoms with Crippen molar-refractivity contribution in [3.8, 4) is 0 Å². The van der Waals surface area contributed by atoms with Gasteiger partial charge in [0.05, 0.1) is 12.7 Å². The molecule has 1 fully saturated rings. The van der Waals surface area contributed by atoms with Crippen molar-refractivity contribution >= 4 is 21.9 Å². The smallest absolute Gasteiger partial charge is 0.139 e. The molecule has 2 heterocycles. The summed E-state index contributed by atoms with van der Waals surface area (Å²) in [5, 5.41) is 2.37. The van der Waals surface area contributed by atoms with Crippen LogP contribution in [0.2, 0.25) is 0 Å². The molecule has 2 aromatic carbocycles. The van der Waals surface area contributed by atoms with Gasteiger partial charge in [-0.25, -0.2) is 0 Å². The van der Waals surface area contributed by atoms with E-state index in [1.807, 2.05) is 12.1 Å². The van der Waals surface area contributed by atoms with Crippen LogP contribution >= 0.6 is 0 Å². The number of furan rings is 1. The summed E-state index contributed by atoms with van der Waals surface area (Å²) in [6.45, 7) is 4.30. The predicted octanol–water partition coefficient (Wildman–Crippen LogP) is 4.21. The van der Waals surface area contributed by atoms with Crippen molar-refractivity contribution in [1.29, 1.82) is 0 Å². The quantitative estimate of drug-likeness (QED) is 0.646. The Hall–Kier alpha value is -1.88. The van der Waals surface area contributed by atoms with Crippen molar-refractivity contribution in [1.82, 2.24) is 4.90 Å². The lowest BCUT2D eigenvalue weighted by atomic mass is 10.1. The first-order valence-corrected chi connectivity index (χ1v) is 9.07. The summed E-state index contributed by atoms with van der Waals surface area (Å²) in [5.74, 6) is 0. The van der Waals surface area contributed by atoms with Gasteiger partial charge >= 0.3 is 0 Å². The Balaban J connectivity index is 1.62. The zero-order valence-corrected chi connectivity index (χ0v) is 14.7. The maximum atomic E-state index is 6.17. The van der Waals surface area contributed by atoms with Gasteiger partial charge in [0.25, 0.3) is 0 Å². The van der Waals surface area contributed by atoms with Crippen molar-refractivity contribution in [2.24, 2.45) is 0 Å². The molecule has 1 aliphatic rings. The van der Waals surface area contributed by atoms with Crippen LogP contribution in [0.25, 0.3) is 21.9 Å². The van der Waals surface area contributed by atoms with Gasteiger partial charge in [0.2, 0.25) is 0 Å². The van der Waals surface area contributed by atoms with E-state index in [9.17, 15) is 0 Å². The first-order chi connectivity index (χ1) is 12.3. The fraction of sp³-hybridized carbons (Fsp3) is 0.429. The van der Waals surface area contributed by atoms with Gasteiger partial charge in [-0.3, -0.25) is 4.90 Å². The van der Waals surface area contributed by atoms with E-state index in [1.54, 1.807) is 7.11 Å². The minimum Gasteiger partial charge on any atom is -0.456 e. The topological polar surface area (TPSA) is 34.8 Å². The summed E-state index contributed by atoms with van der Waals surface area (Å²) >= 11 is 0. The van der Waals surface area contributed by atoms with E-state index < -0.39 is 0 Å². The Morgan fingerprint density at radius 1 is 1.12 bits per heavy atom. The largest absolute Gasteiger partial charge is 0.456 e. The summed E-state index contributed by atoms with van der Waals surface area (Å²) in [5.41, 5.74) is 3.17. The van der Waals surface area contributed by atoms with Crippen LogP contribution < -0.4 is 0 Å². The molecule has 0 amide bonds. The number of methoxy groups -OCH3 is 1. The Morgan fingerprint density at radius 2 is 2.00 bits per heavy atom. The van der Waals surface area contributed by atoms with Crippen LogP contribution in [0.15, 0.2) is 46.9 Å². The monoisotopic (exact) mass is 339 g/mol. The number of benzene rings is 2. The molecule has 1 saturated heterocycles. The minimum atomic E-state index is 0.340. The zero-order chi connectivity index (χ0) is 17.1. The van der Waals surface area contributed by atoms with E-state index in [0.717, 1.165) is 50.4 Å². The summed E-state index contributed by atoms with van der Waals surface area (Å²) < 4.78 is 17.3. The lowest BCUT2D eigenvalue weighted by molar-refractivity contribution is 0.0588.